The van der Waals surface area contributed by atoms with Gasteiger partial charge in [0.1, 0.15) is 0 Å². The predicted molar refractivity (Wildman–Crippen MR) is 93.0 cm³/mol. The van der Waals surface area contributed by atoms with Crippen LogP contribution in [0.15, 0.2) is 18.2 Å². The summed E-state index contributed by atoms with van der Waals surface area (Å²) >= 11 is 0. The van der Waals surface area contributed by atoms with Crippen LogP contribution < -0.4 is 20.5 Å². The lowest BCUT2D eigenvalue weighted by Crippen LogP contribution is -2.47. The standard InChI is InChI=1S/C18H30N2O3/c1-7-12(2)16(19)17(21)20-11-18(3,4)13-8-9-14(22-5)15(10-13)23-6/h8-10,12,16H,7,11,19H2,1-6H3,(H,20,21). The zero-order chi connectivity index (χ0) is 17.6. The molecule has 0 aliphatic rings. The molecule has 23 heavy (non-hydrogen) atoms. The number of hydrogen-bond donors (Lipinski definition) is 2. The van der Waals surface area contributed by atoms with Crippen LogP contribution >= 0.6 is 0 Å². The first-order valence-corrected chi connectivity index (χ1v) is 8.02. The van der Waals surface area contributed by atoms with E-state index in [0.29, 0.717) is 18.0 Å². The van der Waals surface area contributed by atoms with E-state index in [0.717, 1.165) is 12.0 Å². The van der Waals surface area contributed by atoms with E-state index in [4.69, 9.17) is 15.2 Å². The number of nitrogens with two attached hydrogens (primary N) is 1. The SMILES string of the molecule is CCC(C)C(N)C(=O)NCC(C)(C)c1ccc(OC)c(OC)c1. The van der Waals surface area contributed by atoms with Gasteiger partial charge >= 0.3 is 0 Å². The largest absolute Gasteiger partial charge is 0.493 e. The second-order valence-corrected chi connectivity index (χ2v) is 6.58. The molecule has 0 saturated heterocycles. The van der Waals surface area contributed by atoms with E-state index in [2.05, 4.69) is 19.2 Å². The van der Waals surface area contributed by atoms with Crippen molar-refractivity contribution in [3.05, 3.63) is 23.8 Å². The van der Waals surface area contributed by atoms with Crippen LogP contribution in [-0.2, 0) is 10.2 Å². The quantitative estimate of drug-likeness (QED) is 0.771. The number of ether oxygens (including phenoxy) is 2. The minimum absolute atomic E-state index is 0.104. The molecule has 3 N–H and O–H groups in total. The van der Waals surface area contributed by atoms with Crippen molar-refractivity contribution in [2.45, 2.75) is 45.6 Å². The van der Waals surface area contributed by atoms with E-state index in [1.807, 2.05) is 32.0 Å². The Balaban J connectivity index is 2.81. The Morgan fingerprint density at radius 3 is 2.39 bits per heavy atom. The minimum atomic E-state index is -0.471. The first-order valence-electron chi connectivity index (χ1n) is 8.02. The number of methoxy groups -OCH3 is 2. The molecule has 2 unspecified atom stereocenters. The van der Waals surface area contributed by atoms with Gasteiger partial charge in [0.2, 0.25) is 5.91 Å². The van der Waals surface area contributed by atoms with Gasteiger partial charge in [0.25, 0.3) is 0 Å². The molecule has 2 atom stereocenters. The monoisotopic (exact) mass is 322 g/mol. The molecule has 0 heterocycles. The smallest absolute Gasteiger partial charge is 0.237 e. The van der Waals surface area contributed by atoms with Crippen molar-refractivity contribution >= 4 is 5.91 Å². The van der Waals surface area contributed by atoms with Gasteiger partial charge in [0.15, 0.2) is 11.5 Å². The van der Waals surface area contributed by atoms with Crippen LogP contribution in [0.3, 0.4) is 0 Å². The van der Waals surface area contributed by atoms with Crippen molar-refractivity contribution < 1.29 is 14.3 Å². The highest BCUT2D eigenvalue weighted by atomic mass is 16.5. The van der Waals surface area contributed by atoms with Crippen molar-refractivity contribution in [1.29, 1.82) is 0 Å². The molecule has 130 valence electrons. The van der Waals surface area contributed by atoms with Crippen molar-refractivity contribution in [1.82, 2.24) is 5.32 Å². The molecule has 5 nitrogen and oxygen atoms in total. The van der Waals surface area contributed by atoms with Crippen LogP contribution in [-0.4, -0.2) is 32.7 Å². The summed E-state index contributed by atoms with van der Waals surface area (Å²) < 4.78 is 10.6. The van der Waals surface area contributed by atoms with Gasteiger partial charge in [0, 0.05) is 12.0 Å². The zero-order valence-corrected chi connectivity index (χ0v) is 15.1. The lowest BCUT2D eigenvalue weighted by molar-refractivity contribution is -0.123. The molecule has 0 spiro atoms. The van der Waals surface area contributed by atoms with Gasteiger partial charge in [-0.05, 0) is 23.6 Å². The summed E-state index contributed by atoms with van der Waals surface area (Å²) in [5, 5.41) is 2.97. The molecule has 0 radical (unpaired) electrons. The van der Waals surface area contributed by atoms with Crippen LogP contribution in [0.5, 0.6) is 11.5 Å². The Labute approximate surface area is 139 Å². The topological polar surface area (TPSA) is 73.6 Å². The second kappa shape index (κ2) is 8.20. The highest BCUT2D eigenvalue weighted by molar-refractivity contribution is 5.81. The van der Waals surface area contributed by atoms with E-state index in [1.165, 1.54) is 0 Å². The first-order chi connectivity index (χ1) is 10.8. The van der Waals surface area contributed by atoms with E-state index < -0.39 is 6.04 Å². The summed E-state index contributed by atoms with van der Waals surface area (Å²) in [5.41, 5.74) is 6.79. The maximum absolute atomic E-state index is 12.2. The van der Waals surface area contributed by atoms with Gasteiger partial charge in [-0.2, -0.15) is 0 Å². The fourth-order valence-corrected chi connectivity index (χ4v) is 2.30. The Morgan fingerprint density at radius 2 is 1.87 bits per heavy atom. The third-order valence-electron chi connectivity index (χ3n) is 4.43. The van der Waals surface area contributed by atoms with Crippen LogP contribution in [0.2, 0.25) is 0 Å². The molecule has 1 amide bonds. The molecule has 1 rings (SSSR count). The summed E-state index contributed by atoms with van der Waals surface area (Å²) in [4.78, 5) is 12.2. The number of amides is 1. The fraction of sp³-hybridized carbons (Fsp3) is 0.611. The van der Waals surface area contributed by atoms with Gasteiger partial charge in [-0.15, -0.1) is 0 Å². The first kappa shape index (κ1) is 19.3. The average Bonchev–Trinajstić information content (AvgIpc) is 2.57. The van der Waals surface area contributed by atoms with Crippen molar-refractivity contribution in [3.63, 3.8) is 0 Å². The summed E-state index contributed by atoms with van der Waals surface area (Å²) in [7, 11) is 3.22. The summed E-state index contributed by atoms with van der Waals surface area (Å²) in [6.07, 6.45) is 0.883. The third kappa shape index (κ3) is 4.86. The van der Waals surface area contributed by atoms with Gasteiger partial charge in [-0.1, -0.05) is 40.2 Å². The molecular formula is C18H30N2O3. The van der Waals surface area contributed by atoms with Crippen LogP contribution in [0, 0.1) is 5.92 Å². The minimum Gasteiger partial charge on any atom is -0.493 e. The van der Waals surface area contributed by atoms with E-state index >= 15 is 0 Å². The molecule has 0 aliphatic heterocycles. The molecule has 0 saturated carbocycles. The normalized spacial score (nSPS) is 14.0. The molecule has 5 heteroatoms. The highest BCUT2D eigenvalue weighted by Crippen LogP contribution is 2.32. The average molecular weight is 322 g/mol. The molecular weight excluding hydrogens is 292 g/mol. The van der Waals surface area contributed by atoms with E-state index in [-0.39, 0.29) is 17.2 Å². The van der Waals surface area contributed by atoms with Crippen molar-refractivity contribution in [2.24, 2.45) is 11.7 Å². The number of carbonyl (C=O) groups excluding carboxylic acids is 1. The number of hydrogen-bond acceptors (Lipinski definition) is 4. The molecule has 0 fully saturated rings. The van der Waals surface area contributed by atoms with E-state index in [9.17, 15) is 4.79 Å². The number of carbonyl (C=O) groups is 1. The highest BCUT2D eigenvalue weighted by Gasteiger charge is 2.25. The maximum atomic E-state index is 12.2. The summed E-state index contributed by atoms with van der Waals surface area (Å²) in [5.74, 6) is 1.43. The Bertz CT molecular complexity index is 529. The van der Waals surface area contributed by atoms with Gasteiger partial charge in [-0.25, -0.2) is 0 Å². The second-order valence-electron chi connectivity index (χ2n) is 6.58. The number of nitrogens with one attached hydrogen (secondary N) is 1. The number of rotatable bonds is 8. The third-order valence-corrected chi connectivity index (χ3v) is 4.43. The lowest BCUT2D eigenvalue weighted by Gasteiger charge is -2.28. The van der Waals surface area contributed by atoms with Crippen molar-refractivity contribution in [2.75, 3.05) is 20.8 Å². The van der Waals surface area contributed by atoms with Gasteiger partial charge < -0.3 is 20.5 Å². The Hall–Kier alpha value is -1.75. The number of benzene rings is 1. The molecule has 0 bridgehead atoms. The lowest BCUT2D eigenvalue weighted by atomic mass is 9.84. The van der Waals surface area contributed by atoms with Gasteiger partial charge in [-0.3, -0.25) is 4.79 Å². The molecule has 1 aromatic rings. The molecule has 0 aliphatic carbocycles. The fourth-order valence-electron chi connectivity index (χ4n) is 2.30. The summed E-state index contributed by atoms with van der Waals surface area (Å²) in [6, 6.07) is 5.34. The van der Waals surface area contributed by atoms with Crippen LogP contribution in [0.1, 0.15) is 39.7 Å². The molecule has 1 aromatic carbocycles. The van der Waals surface area contributed by atoms with Gasteiger partial charge in [0.05, 0.1) is 20.3 Å². The molecule has 0 aromatic heterocycles. The Morgan fingerprint density at radius 1 is 1.26 bits per heavy atom. The zero-order valence-electron chi connectivity index (χ0n) is 15.1. The van der Waals surface area contributed by atoms with Crippen molar-refractivity contribution in [3.8, 4) is 11.5 Å². The summed E-state index contributed by atoms with van der Waals surface area (Å²) in [6.45, 7) is 8.67. The van der Waals surface area contributed by atoms with Crippen LogP contribution in [0.25, 0.3) is 0 Å². The van der Waals surface area contributed by atoms with Crippen LogP contribution in [0.4, 0.5) is 0 Å². The Kier molecular flexibility index (Phi) is 6.88. The predicted octanol–water partition coefficient (Wildman–Crippen LogP) is 2.47. The maximum Gasteiger partial charge on any atom is 0.237 e. The van der Waals surface area contributed by atoms with E-state index in [1.54, 1.807) is 14.2 Å².